The molecule has 1 heterocycles. The van der Waals surface area contributed by atoms with Crippen LogP contribution in [0.25, 0.3) is 0 Å². The van der Waals surface area contributed by atoms with Crippen LogP contribution in [0.1, 0.15) is 6.92 Å². The van der Waals surface area contributed by atoms with Crippen molar-refractivity contribution in [2.45, 2.75) is 12.4 Å². The molecular weight excluding hydrogens is 199 g/mol. The molecule has 0 spiro atoms. The molecule has 1 nitrogen and oxygen atoms in total. The smallest absolute Gasteiger partial charge is 0.365 e. The lowest BCUT2D eigenvalue weighted by Crippen LogP contribution is -2.00. The monoisotopic (exact) mass is 207 g/mol. The Morgan fingerprint density at radius 1 is 1.31 bits per heavy atom. The molecule has 1 N–H and O–H groups in total. The van der Waals surface area contributed by atoms with E-state index in [4.69, 9.17) is 0 Å². The lowest BCUT2D eigenvalue weighted by Gasteiger charge is -2.04. The average Bonchev–Trinajstić information content (AvgIpc) is 2.12. The van der Waals surface area contributed by atoms with Crippen molar-refractivity contribution in [3.63, 3.8) is 0 Å². The van der Waals surface area contributed by atoms with Gasteiger partial charge in [-0.05, 0) is 36.9 Å². The lowest BCUT2D eigenvalue weighted by atomic mass is 10.4. The van der Waals surface area contributed by atoms with E-state index in [1.54, 1.807) is 13.0 Å². The first-order chi connectivity index (χ1) is 5.97. The van der Waals surface area contributed by atoms with Crippen LogP contribution < -0.4 is 5.32 Å². The highest BCUT2D eigenvalue weighted by Crippen LogP contribution is 2.37. The van der Waals surface area contributed by atoms with Gasteiger partial charge in [0.15, 0.2) is 0 Å². The van der Waals surface area contributed by atoms with Gasteiger partial charge in [-0.2, -0.15) is 13.2 Å². The Labute approximate surface area is 78.4 Å². The van der Waals surface area contributed by atoms with Crippen molar-refractivity contribution >= 4 is 11.8 Å². The van der Waals surface area contributed by atoms with Crippen LogP contribution in [0, 0.1) is 0 Å². The van der Waals surface area contributed by atoms with E-state index in [2.05, 4.69) is 5.32 Å². The lowest BCUT2D eigenvalue weighted by molar-refractivity contribution is -0.0321. The van der Waals surface area contributed by atoms with Gasteiger partial charge in [0.25, 0.3) is 0 Å². The second-order valence-electron chi connectivity index (χ2n) is 2.44. The highest BCUT2D eigenvalue weighted by Gasteiger charge is 2.29. The van der Waals surface area contributed by atoms with Gasteiger partial charge >= 0.3 is 5.51 Å². The zero-order valence-corrected chi connectivity index (χ0v) is 7.67. The van der Waals surface area contributed by atoms with Crippen LogP contribution in [0.3, 0.4) is 0 Å². The van der Waals surface area contributed by atoms with Crippen molar-refractivity contribution in [2.24, 2.45) is 0 Å². The quantitative estimate of drug-likeness (QED) is 0.708. The molecule has 1 rings (SSSR count). The third kappa shape index (κ3) is 4.07. The van der Waals surface area contributed by atoms with Gasteiger partial charge < -0.3 is 5.32 Å². The summed E-state index contributed by atoms with van der Waals surface area (Å²) in [5, 5.41) is 2.81. The summed E-state index contributed by atoms with van der Waals surface area (Å²) in [4.78, 5) is 0.178. The number of alkyl halides is 3. The predicted molar refractivity (Wildman–Crippen MR) is 47.8 cm³/mol. The van der Waals surface area contributed by atoms with E-state index in [0.717, 1.165) is 5.70 Å². The maximum Gasteiger partial charge on any atom is 0.446 e. The van der Waals surface area contributed by atoms with E-state index < -0.39 is 5.51 Å². The van der Waals surface area contributed by atoms with Crippen LogP contribution in [-0.4, -0.2) is 5.51 Å². The van der Waals surface area contributed by atoms with Crippen molar-refractivity contribution in [3.8, 4) is 0 Å². The number of nitrogens with one attached hydrogen (secondary N) is 1. The zero-order valence-electron chi connectivity index (χ0n) is 6.85. The van der Waals surface area contributed by atoms with E-state index in [1.165, 1.54) is 18.4 Å². The molecule has 0 unspecified atom stereocenters. The van der Waals surface area contributed by atoms with E-state index in [0.29, 0.717) is 0 Å². The molecular formula is C8H8F3NS. The molecule has 0 radical (unpaired) electrons. The number of hydrogen-bond acceptors (Lipinski definition) is 2. The summed E-state index contributed by atoms with van der Waals surface area (Å²) >= 11 is -0.117. The van der Waals surface area contributed by atoms with Gasteiger partial charge in [-0.3, -0.25) is 0 Å². The highest BCUT2D eigenvalue weighted by molar-refractivity contribution is 8.04. The summed E-state index contributed by atoms with van der Waals surface area (Å²) in [6, 6.07) is 0. The second-order valence-corrected chi connectivity index (χ2v) is 3.58. The minimum absolute atomic E-state index is 0.117. The molecule has 0 aliphatic carbocycles. The van der Waals surface area contributed by atoms with Gasteiger partial charge in [-0.15, -0.1) is 0 Å². The van der Waals surface area contributed by atoms with Gasteiger partial charge in [0.1, 0.15) is 0 Å². The molecule has 72 valence electrons. The van der Waals surface area contributed by atoms with E-state index in [1.807, 2.05) is 0 Å². The molecule has 0 aromatic rings. The minimum Gasteiger partial charge on any atom is -0.365 e. The molecule has 13 heavy (non-hydrogen) atoms. The number of rotatable bonds is 1. The Morgan fingerprint density at radius 2 is 2.00 bits per heavy atom. The highest BCUT2D eigenvalue weighted by atomic mass is 32.2. The molecule has 0 saturated carbocycles. The first-order valence-electron chi connectivity index (χ1n) is 3.55. The topological polar surface area (TPSA) is 12.0 Å². The van der Waals surface area contributed by atoms with Gasteiger partial charge in [0, 0.05) is 16.8 Å². The number of allylic oxidation sites excluding steroid dienone is 4. The van der Waals surface area contributed by atoms with Crippen molar-refractivity contribution in [1.82, 2.24) is 5.32 Å². The molecule has 1 aliphatic rings. The summed E-state index contributed by atoms with van der Waals surface area (Å²) in [6.07, 6.45) is 5.92. The van der Waals surface area contributed by atoms with E-state index >= 15 is 0 Å². The van der Waals surface area contributed by atoms with Crippen molar-refractivity contribution < 1.29 is 13.2 Å². The van der Waals surface area contributed by atoms with Crippen LogP contribution in [0.2, 0.25) is 0 Å². The van der Waals surface area contributed by atoms with Crippen LogP contribution in [0.5, 0.6) is 0 Å². The third-order valence-corrected chi connectivity index (χ3v) is 2.03. The molecule has 0 aromatic heterocycles. The maximum absolute atomic E-state index is 11.9. The fourth-order valence-electron chi connectivity index (χ4n) is 0.768. The summed E-state index contributed by atoms with van der Waals surface area (Å²) in [7, 11) is 0. The molecule has 0 saturated heterocycles. The maximum atomic E-state index is 11.9. The largest absolute Gasteiger partial charge is 0.446 e. The van der Waals surface area contributed by atoms with Crippen molar-refractivity contribution in [1.29, 1.82) is 0 Å². The Hall–Kier alpha value is -0.840. The normalized spacial score (nSPS) is 17.2. The Kier molecular flexibility index (Phi) is 3.08. The molecule has 0 atom stereocenters. The standard InChI is InChI=1S/C8H8F3NS/c1-6-2-3-7(4-5-12-6)13-8(9,10)11/h2-5,12H,1H3. The van der Waals surface area contributed by atoms with Gasteiger partial charge in [-0.1, -0.05) is 0 Å². The first kappa shape index (κ1) is 10.2. The fraction of sp³-hybridized carbons (Fsp3) is 0.250. The SMILES string of the molecule is CC1=CC=C(SC(F)(F)F)C=CN1. The molecule has 0 bridgehead atoms. The molecule has 5 heteroatoms. The Balaban J connectivity index is 2.70. The minimum atomic E-state index is -4.22. The molecule has 1 aliphatic heterocycles. The summed E-state index contributed by atoms with van der Waals surface area (Å²) in [5.74, 6) is 0. The molecule has 0 aromatic carbocycles. The first-order valence-corrected chi connectivity index (χ1v) is 4.36. The van der Waals surface area contributed by atoms with Crippen molar-refractivity contribution in [2.75, 3.05) is 0 Å². The van der Waals surface area contributed by atoms with Crippen LogP contribution in [-0.2, 0) is 0 Å². The zero-order chi connectivity index (χ0) is 9.90. The fourth-order valence-corrected chi connectivity index (χ4v) is 1.31. The van der Waals surface area contributed by atoms with Crippen LogP contribution >= 0.6 is 11.8 Å². The molecule has 0 amide bonds. The van der Waals surface area contributed by atoms with E-state index in [-0.39, 0.29) is 16.7 Å². The number of thioether (sulfide) groups is 1. The Bertz CT molecular complexity index is 276. The van der Waals surface area contributed by atoms with E-state index in [9.17, 15) is 13.2 Å². The third-order valence-electron chi connectivity index (χ3n) is 1.29. The second kappa shape index (κ2) is 3.91. The predicted octanol–water partition coefficient (Wildman–Crippen LogP) is 3.14. The summed E-state index contributed by atoms with van der Waals surface area (Å²) in [5.41, 5.74) is -3.41. The van der Waals surface area contributed by atoms with Gasteiger partial charge in [0.05, 0.1) is 0 Å². The summed E-state index contributed by atoms with van der Waals surface area (Å²) < 4.78 is 35.8. The summed E-state index contributed by atoms with van der Waals surface area (Å²) in [6.45, 7) is 1.78. The van der Waals surface area contributed by atoms with Gasteiger partial charge in [-0.25, -0.2) is 0 Å². The van der Waals surface area contributed by atoms with Crippen molar-refractivity contribution in [3.05, 3.63) is 35.0 Å². The molecule has 0 fully saturated rings. The number of hydrogen-bond donors (Lipinski definition) is 1. The Morgan fingerprint density at radius 3 is 2.62 bits per heavy atom. The van der Waals surface area contributed by atoms with Crippen LogP contribution in [0.4, 0.5) is 13.2 Å². The average molecular weight is 207 g/mol. The number of halogens is 3. The van der Waals surface area contributed by atoms with Crippen LogP contribution in [0.15, 0.2) is 35.0 Å². The van der Waals surface area contributed by atoms with Gasteiger partial charge in [0.2, 0.25) is 0 Å².